The predicted octanol–water partition coefficient (Wildman–Crippen LogP) is 4.22. The molecule has 0 spiro atoms. The first-order chi connectivity index (χ1) is 11.8. The number of oxazole rings is 1. The van der Waals surface area contributed by atoms with Gasteiger partial charge in [-0.25, -0.2) is 9.37 Å². The minimum absolute atomic E-state index is 0.265. The van der Waals surface area contributed by atoms with Crippen LogP contribution in [-0.2, 0) is 5.75 Å². The van der Waals surface area contributed by atoms with Crippen molar-refractivity contribution >= 4 is 28.2 Å². The lowest BCUT2D eigenvalue weighted by Crippen LogP contribution is -2.17. The molecule has 0 amide bonds. The molecular formula is C16H15FN4OS2. The minimum Gasteiger partial charge on any atom is -0.440 e. The summed E-state index contributed by atoms with van der Waals surface area (Å²) in [4.78, 5) is 6.56. The van der Waals surface area contributed by atoms with Crippen molar-refractivity contribution in [2.75, 3.05) is 18.0 Å². The van der Waals surface area contributed by atoms with Gasteiger partial charge in [-0.15, -0.1) is 10.2 Å². The average molecular weight is 362 g/mol. The van der Waals surface area contributed by atoms with Gasteiger partial charge in [-0.05, 0) is 37.1 Å². The predicted molar refractivity (Wildman–Crippen MR) is 92.8 cm³/mol. The molecule has 1 aliphatic heterocycles. The Hall–Kier alpha value is -1.93. The highest BCUT2D eigenvalue weighted by Gasteiger charge is 2.17. The number of aromatic nitrogens is 3. The van der Waals surface area contributed by atoms with Gasteiger partial charge in [0, 0.05) is 18.7 Å². The first-order valence-corrected chi connectivity index (χ1v) is 9.50. The fourth-order valence-corrected chi connectivity index (χ4v) is 4.29. The molecule has 0 aliphatic carbocycles. The second kappa shape index (κ2) is 6.90. The maximum atomic E-state index is 13.0. The second-order valence-electron chi connectivity index (χ2n) is 5.46. The van der Waals surface area contributed by atoms with Crippen molar-refractivity contribution in [3.05, 3.63) is 42.2 Å². The van der Waals surface area contributed by atoms with E-state index in [1.807, 2.05) is 0 Å². The summed E-state index contributed by atoms with van der Waals surface area (Å²) in [5.74, 6) is 1.59. The van der Waals surface area contributed by atoms with Gasteiger partial charge in [0.05, 0.1) is 11.9 Å². The smallest absolute Gasteiger partial charge is 0.209 e. The molecule has 0 bridgehead atoms. The number of benzene rings is 1. The van der Waals surface area contributed by atoms with E-state index in [1.54, 1.807) is 41.4 Å². The zero-order chi connectivity index (χ0) is 16.4. The van der Waals surface area contributed by atoms with Crippen molar-refractivity contribution in [2.45, 2.75) is 22.9 Å². The van der Waals surface area contributed by atoms with E-state index >= 15 is 0 Å². The van der Waals surface area contributed by atoms with Gasteiger partial charge < -0.3 is 9.32 Å². The quantitative estimate of drug-likeness (QED) is 0.633. The van der Waals surface area contributed by atoms with Crippen molar-refractivity contribution < 1.29 is 8.81 Å². The molecule has 0 atom stereocenters. The number of rotatable bonds is 5. The summed E-state index contributed by atoms with van der Waals surface area (Å²) in [6.07, 6.45) is 4.12. The Balaban J connectivity index is 1.38. The van der Waals surface area contributed by atoms with E-state index in [1.165, 1.54) is 25.0 Å². The summed E-state index contributed by atoms with van der Waals surface area (Å²) in [5.41, 5.74) is 0.812. The van der Waals surface area contributed by atoms with Crippen LogP contribution in [0.4, 0.5) is 9.52 Å². The van der Waals surface area contributed by atoms with Crippen LogP contribution in [0.1, 0.15) is 18.7 Å². The minimum atomic E-state index is -0.265. The van der Waals surface area contributed by atoms with E-state index < -0.39 is 0 Å². The van der Waals surface area contributed by atoms with Crippen molar-refractivity contribution in [1.82, 2.24) is 15.2 Å². The highest BCUT2D eigenvalue weighted by atomic mass is 32.2. The highest BCUT2D eigenvalue weighted by Crippen LogP contribution is 2.32. The molecule has 1 fully saturated rings. The monoisotopic (exact) mass is 362 g/mol. The molecule has 8 heteroatoms. The van der Waals surface area contributed by atoms with Gasteiger partial charge in [0.1, 0.15) is 5.82 Å². The van der Waals surface area contributed by atoms with Gasteiger partial charge in [-0.1, -0.05) is 23.1 Å². The first-order valence-electron chi connectivity index (χ1n) is 7.70. The molecule has 1 aromatic carbocycles. The van der Waals surface area contributed by atoms with E-state index in [4.69, 9.17) is 4.42 Å². The molecule has 0 unspecified atom stereocenters. The largest absolute Gasteiger partial charge is 0.440 e. The zero-order valence-corrected chi connectivity index (χ0v) is 14.4. The van der Waals surface area contributed by atoms with Crippen LogP contribution < -0.4 is 4.90 Å². The average Bonchev–Trinajstić information content (AvgIpc) is 3.34. The van der Waals surface area contributed by atoms with E-state index in [9.17, 15) is 4.39 Å². The zero-order valence-electron chi connectivity index (χ0n) is 12.8. The van der Waals surface area contributed by atoms with Crippen LogP contribution in [0.25, 0.3) is 11.3 Å². The number of hydrogen-bond acceptors (Lipinski definition) is 7. The molecule has 3 aromatic rings. The Morgan fingerprint density at radius 2 is 1.96 bits per heavy atom. The molecule has 124 valence electrons. The molecule has 5 nitrogen and oxygen atoms in total. The number of anilines is 1. The van der Waals surface area contributed by atoms with Gasteiger partial charge in [0.2, 0.25) is 11.0 Å². The van der Waals surface area contributed by atoms with Gasteiger partial charge >= 0.3 is 0 Å². The number of hydrogen-bond donors (Lipinski definition) is 0. The number of halogens is 1. The summed E-state index contributed by atoms with van der Waals surface area (Å²) in [5, 5.41) is 9.48. The topological polar surface area (TPSA) is 55.1 Å². The van der Waals surface area contributed by atoms with Crippen LogP contribution >= 0.6 is 23.1 Å². The van der Waals surface area contributed by atoms with Crippen LogP contribution in [-0.4, -0.2) is 28.3 Å². The summed E-state index contributed by atoms with van der Waals surface area (Å²) < 4.78 is 19.6. The summed E-state index contributed by atoms with van der Waals surface area (Å²) in [6.45, 7) is 2.14. The summed E-state index contributed by atoms with van der Waals surface area (Å²) in [6, 6.07) is 6.18. The lowest BCUT2D eigenvalue weighted by Gasteiger charge is -2.10. The maximum Gasteiger partial charge on any atom is 0.209 e. The lowest BCUT2D eigenvalue weighted by molar-refractivity contribution is 0.530. The van der Waals surface area contributed by atoms with Crippen molar-refractivity contribution in [3.8, 4) is 11.3 Å². The van der Waals surface area contributed by atoms with E-state index in [-0.39, 0.29) is 5.82 Å². The maximum absolute atomic E-state index is 13.0. The molecule has 24 heavy (non-hydrogen) atoms. The molecule has 1 aliphatic rings. The standard InChI is InChI=1S/C16H15FN4OS2/c17-12-5-3-11(4-6-12)13-9-18-14(22-13)10-23-16-20-19-15(24-16)21-7-1-2-8-21/h3-6,9H,1-2,7-8,10H2. The van der Waals surface area contributed by atoms with Crippen molar-refractivity contribution in [3.63, 3.8) is 0 Å². The second-order valence-corrected chi connectivity index (χ2v) is 7.64. The fraction of sp³-hybridized carbons (Fsp3) is 0.312. The van der Waals surface area contributed by atoms with Gasteiger partial charge in [0.25, 0.3) is 0 Å². The SMILES string of the molecule is Fc1ccc(-c2cnc(CSc3nnc(N4CCCC4)s3)o2)cc1. The van der Waals surface area contributed by atoms with Crippen LogP contribution in [0.2, 0.25) is 0 Å². The third-order valence-electron chi connectivity index (χ3n) is 3.77. The Kier molecular flexibility index (Phi) is 4.48. The van der Waals surface area contributed by atoms with Crippen LogP contribution in [0.5, 0.6) is 0 Å². The molecule has 1 saturated heterocycles. The molecule has 0 N–H and O–H groups in total. The van der Waals surface area contributed by atoms with Crippen LogP contribution in [0, 0.1) is 5.82 Å². The van der Waals surface area contributed by atoms with Crippen LogP contribution in [0.15, 0.2) is 39.2 Å². The number of thioether (sulfide) groups is 1. The molecule has 0 radical (unpaired) electrons. The normalized spacial score (nSPS) is 14.5. The number of nitrogens with zero attached hydrogens (tertiary/aromatic N) is 4. The van der Waals surface area contributed by atoms with Gasteiger partial charge in [0.15, 0.2) is 10.1 Å². The van der Waals surface area contributed by atoms with Gasteiger partial charge in [-0.2, -0.15) is 0 Å². The van der Waals surface area contributed by atoms with Gasteiger partial charge in [-0.3, -0.25) is 0 Å². The Morgan fingerprint density at radius 1 is 1.17 bits per heavy atom. The summed E-state index contributed by atoms with van der Waals surface area (Å²) >= 11 is 3.18. The van der Waals surface area contributed by atoms with E-state index in [0.717, 1.165) is 28.1 Å². The lowest BCUT2D eigenvalue weighted by atomic mass is 10.2. The molecule has 0 saturated carbocycles. The highest BCUT2D eigenvalue weighted by molar-refractivity contribution is 8.00. The Bertz CT molecular complexity index is 812. The molecule has 4 rings (SSSR count). The molecular weight excluding hydrogens is 347 g/mol. The third kappa shape index (κ3) is 3.44. The Morgan fingerprint density at radius 3 is 2.75 bits per heavy atom. The first kappa shape index (κ1) is 15.6. The van der Waals surface area contributed by atoms with Crippen molar-refractivity contribution in [2.24, 2.45) is 0 Å². The fourth-order valence-electron chi connectivity index (χ4n) is 2.55. The van der Waals surface area contributed by atoms with Crippen LogP contribution in [0.3, 0.4) is 0 Å². The van der Waals surface area contributed by atoms with E-state index in [0.29, 0.717) is 17.4 Å². The van der Waals surface area contributed by atoms with E-state index in [2.05, 4.69) is 20.1 Å². The molecule has 3 heterocycles. The Labute approximate surface area is 146 Å². The third-order valence-corrected chi connectivity index (χ3v) is 5.88. The summed E-state index contributed by atoms with van der Waals surface area (Å²) in [7, 11) is 0. The molecule has 2 aromatic heterocycles. The van der Waals surface area contributed by atoms with Crippen molar-refractivity contribution in [1.29, 1.82) is 0 Å².